The Kier molecular flexibility index (Phi) is 25.1. The van der Waals surface area contributed by atoms with Gasteiger partial charge < -0.3 is 85.9 Å². The lowest BCUT2D eigenvalue weighted by Gasteiger charge is -2.28. The van der Waals surface area contributed by atoms with E-state index in [1.807, 2.05) is 62.4 Å². The van der Waals surface area contributed by atoms with Crippen molar-refractivity contribution >= 4 is 75.1 Å². The van der Waals surface area contributed by atoms with Gasteiger partial charge in [0.05, 0.1) is 12.4 Å². The Labute approximate surface area is 469 Å². The number of fused-ring (bicyclic) bond motifs is 2. The molecule has 81 heavy (non-hydrogen) atoms. The number of hydrogen-bond donors (Lipinski definition) is 16. The van der Waals surface area contributed by atoms with Crippen molar-refractivity contribution in [1.82, 2.24) is 57.2 Å². The van der Waals surface area contributed by atoms with Gasteiger partial charge in [-0.05, 0) is 107 Å². The summed E-state index contributed by atoms with van der Waals surface area (Å²) in [4.78, 5) is 129. The van der Waals surface area contributed by atoms with Crippen molar-refractivity contribution < 1.29 is 43.5 Å². The van der Waals surface area contributed by atoms with Crippen LogP contribution in [0, 0.1) is 5.92 Å². The van der Waals surface area contributed by atoms with Crippen LogP contribution in [0.2, 0.25) is 0 Å². The third-order valence-corrected chi connectivity index (χ3v) is 13.5. The van der Waals surface area contributed by atoms with Crippen LogP contribution in [-0.4, -0.2) is 146 Å². The fraction of sp³-hybridized carbons (Fsp3) is 0.491. The number of aromatic nitrogens is 4. The number of nitrogens with one attached hydrogen (secondary N) is 10. The summed E-state index contributed by atoms with van der Waals surface area (Å²) < 4.78 is 0. The molecule has 7 amide bonds. The van der Waals surface area contributed by atoms with Crippen LogP contribution in [0.4, 0.5) is 0 Å². The van der Waals surface area contributed by atoms with Gasteiger partial charge in [0, 0.05) is 71.9 Å². The van der Waals surface area contributed by atoms with Crippen molar-refractivity contribution in [2.45, 2.75) is 146 Å². The summed E-state index contributed by atoms with van der Waals surface area (Å²) in [5.41, 5.74) is 32.0. The molecule has 8 atom stereocenters. The van der Waals surface area contributed by atoms with E-state index >= 15 is 0 Å². The first-order valence-corrected chi connectivity index (χ1v) is 27.4. The van der Waals surface area contributed by atoms with Gasteiger partial charge in [-0.2, -0.15) is 0 Å². The monoisotopic (exact) mass is 1120 g/mol. The maximum absolute atomic E-state index is 14.8. The van der Waals surface area contributed by atoms with E-state index in [0.29, 0.717) is 42.5 Å². The van der Waals surface area contributed by atoms with Crippen LogP contribution in [0.15, 0.2) is 78.4 Å². The van der Waals surface area contributed by atoms with E-state index in [1.165, 1.54) is 19.4 Å². The third-order valence-electron chi connectivity index (χ3n) is 13.5. The number of rotatable bonds is 35. The predicted molar refractivity (Wildman–Crippen MR) is 306 cm³/mol. The first kappa shape index (κ1) is 63.5. The number of unbranched alkanes of at least 4 members (excludes halogenated alkanes) is 2. The lowest BCUT2D eigenvalue weighted by Crippen LogP contribution is -2.60. The van der Waals surface area contributed by atoms with Crippen molar-refractivity contribution in [1.29, 1.82) is 0 Å². The van der Waals surface area contributed by atoms with Gasteiger partial charge in [-0.1, -0.05) is 50.2 Å². The zero-order valence-corrected chi connectivity index (χ0v) is 46.2. The quantitative estimate of drug-likeness (QED) is 0.0139. The highest BCUT2D eigenvalue weighted by Gasteiger charge is 2.35. The van der Waals surface area contributed by atoms with Gasteiger partial charge in [-0.3, -0.25) is 38.6 Å². The van der Waals surface area contributed by atoms with Crippen LogP contribution in [0.1, 0.15) is 95.4 Å². The first-order valence-electron chi connectivity index (χ1n) is 27.4. The van der Waals surface area contributed by atoms with Gasteiger partial charge in [0.1, 0.15) is 42.3 Å². The number of benzene rings is 2. The number of carbonyl (C=O) groups excluding carboxylic acids is 7. The fourth-order valence-electron chi connectivity index (χ4n) is 9.21. The van der Waals surface area contributed by atoms with Crippen LogP contribution in [0.3, 0.4) is 0 Å². The van der Waals surface area contributed by atoms with Crippen LogP contribution < -0.4 is 65.9 Å². The van der Waals surface area contributed by atoms with Gasteiger partial charge in [0.15, 0.2) is 5.96 Å². The number of carboxylic acid groups (broad SMARTS) is 1. The second-order valence-corrected chi connectivity index (χ2v) is 20.6. The summed E-state index contributed by atoms with van der Waals surface area (Å²) in [6.07, 6.45) is 8.17. The minimum atomic E-state index is -1.37. The van der Waals surface area contributed by atoms with E-state index in [1.54, 1.807) is 12.4 Å². The Hall–Kier alpha value is -8.36. The molecule has 26 heteroatoms. The number of para-hydroxylation sites is 2. The number of aliphatic imine (C=N–C) groups is 1. The number of imidazole rings is 1. The van der Waals surface area contributed by atoms with Crippen molar-refractivity contribution in [3.63, 3.8) is 0 Å². The van der Waals surface area contributed by atoms with Gasteiger partial charge in [0.25, 0.3) is 0 Å². The molecule has 5 aromatic rings. The lowest BCUT2D eigenvalue weighted by atomic mass is 9.99. The molecule has 3 aromatic heterocycles. The van der Waals surface area contributed by atoms with Crippen molar-refractivity contribution in [2.24, 2.45) is 39.6 Å². The standard InChI is InChI=1S/C55H81N17O9/c1-31(2)23-43(51(77)72-46(54(80)81)25-34-28-64-39-16-7-5-14-37(34)39)70-52(78)44(24-33-27-63-38-15-6-4-13-36(33)38)71-50(76)41(18-9-11-21-57)66-49(75)42(19-12-22-62-55(59)60)67-48(74)40(17-8-10-20-56)68-53(79)45(69-47(73)32(3)58)26-35-29-61-30-65-35/h4-7,13-16,27-32,40-46,63-64H,8-12,17-26,56-58H2,1-3H3,(H,61,65)(H,66,75)(H,67,74)(H,68,79)(H,69,73)(H,70,78)(H,71,76)(H,72,77)(H,80,81)(H4,59,60,62)/t32-,40-,41-,42-,43-,44-,45-,46-/m0/s1. The summed E-state index contributed by atoms with van der Waals surface area (Å²) in [6, 6.07) is 4.69. The van der Waals surface area contributed by atoms with E-state index in [9.17, 15) is 43.5 Å². The molecule has 0 spiro atoms. The summed E-state index contributed by atoms with van der Waals surface area (Å²) in [6.45, 7) is 5.75. The van der Waals surface area contributed by atoms with Gasteiger partial charge in [-0.25, -0.2) is 9.78 Å². The average Bonchev–Trinajstić information content (AvgIpc) is 4.44. The predicted octanol–water partition coefficient (Wildman–Crippen LogP) is -0.417. The average molecular weight is 1120 g/mol. The van der Waals surface area contributed by atoms with Crippen LogP contribution in [0.25, 0.3) is 21.8 Å². The highest BCUT2D eigenvalue weighted by molar-refractivity contribution is 5.98. The lowest BCUT2D eigenvalue weighted by molar-refractivity contribution is -0.142. The fourth-order valence-corrected chi connectivity index (χ4v) is 9.21. The Morgan fingerprint density at radius 1 is 0.543 bits per heavy atom. The molecule has 0 fully saturated rings. The number of aliphatic carboxylic acids is 1. The number of carboxylic acids is 1. The second-order valence-electron chi connectivity index (χ2n) is 20.6. The van der Waals surface area contributed by atoms with Crippen LogP contribution in [-0.2, 0) is 57.6 Å². The minimum absolute atomic E-state index is 0.0245. The Morgan fingerprint density at radius 2 is 0.963 bits per heavy atom. The zero-order valence-electron chi connectivity index (χ0n) is 46.2. The molecule has 21 N–H and O–H groups in total. The first-order chi connectivity index (χ1) is 38.8. The molecular formula is C55H81N17O9. The second kappa shape index (κ2) is 32.0. The number of aromatic amines is 3. The molecule has 0 bridgehead atoms. The molecule has 3 heterocycles. The number of guanidine groups is 1. The largest absolute Gasteiger partial charge is 0.480 e. The summed E-state index contributed by atoms with van der Waals surface area (Å²) in [5, 5.41) is 31.1. The highest BCUT2D eigenvalue weighted by atomic mass is 16.4. The van der Waals surface area contributed by atoms with E-state index in [4.69, 9.17) is 28.7 Å². The number of nitrogens with two attached hydrogens (primary N) is 5. The summed E-state index contributed by atoms with van der Waals surface area (Å²) >= 11 is 0. The SMILES string of the molecule is CC(C)C[C@H](NC(=O)[C@H](Cc1c[nH]c2ccccc12)NC(=O)[C@H](CCCCN)NC(=O)[C@H](CCCN=C(N)N)NC(=O)[C@H](CCCCN)NC(=O)[C@H](Cc1cnc[nH]1)NC(=O)[C@H](C)N)C(=O)N[C@@H](Cc1c[nH]c2ccccc12)C(=O)O. The zero-order chi connectivity index (χ0) is 59.0. The molecule has 0 aliphatic carbocycles. The smallest absolute Gasteiger partial charge is 0.326 e. The summed E-state index contributed by atoms with van der Waals surface area (Å²) in [7, 11) is 0. The number of amides is 7. The Morgan fingerprint density at radius 3 is 1.42 bits per heavy atom. The third kappa shape index (κ3) is 20.0. The van der Waals surface area contributed by atoms with Crippen molar-refractivity contribution in [2.75, 3.05) is 19.6 Å². The molecule has 0 unspecified atom stereocenters. The Balaban J connectivity index is 1.42. The molecule has 0 saturated heterocycles. The number of nitrogens with zero attached hydrogens (tertiary/aromatic N) is 2. The van der Waals surface area contributed by atoms with E-state index < -0.39 is 95.7 Å². The van der Waals surface area contributed by atoms with Crippen molar-refractivity contribution in [3.05, 3.63) is 90.3 Å². The molecule has 0 aliphatic heterocycles. The molecule has 26 nitrogen and oxygen atoms in total. The summed E-state index contributed by atoms with van der Waals surface area (Å²) in [5.74, 6) is -6.81. The van der Waals surface area contributed by atoms with Gasteiger partial charge in [0.2, 0.25) is 41.4 Å². The van der Waals surface area contributed by atoms with Crippen molar-refractivity contribution in [3.8, 4) is 0 Å². The molecule has 5 rings (SSSR count). The molecule has 440 valence electrons. The molecular weight excluding hydrogens is 1040 g/mol. The van der Waals surface area contributed by atoms with Gasteiger partial charge >= 0.3 is 5.97 Å². The number of H-pyrrole nitrogens is 3. The molecule has 2 aromatic carbocycles. The normalized spacial score (nSPS) is 14.3. The minimum Gasteiger partial charge on any atom is -0.480 e. The molecule has 0 saturated carbocycles. The molecule has 0 aliphatic rings. The van der Waals surface area contributed by atoms with Crippen LogP contribution in [0.5, 0.6) is 0 Å². The maximum atomic E-state index is 14.8. The topological polar surface area (TPSA) is 444 Å². The number of hydrogen-bond acceptors (Lipinski definition) is 13. The van der Waals surface area contributed by atoms with E-state index in [-0.39, 0.29) is 82.9 Å². The van der Waals surface area contributed by atoms with Gasteiger partial charge in [-0.15, -0.1) is 0 Å². The number of carbonyl (C=O) groups is 8. The van der Waals surface area contributed by atoms with Crippen LogP contribution >= 0.6 is 0 Å². The van der Waals surface area contributed by atoms with E-state index in [0.717, 1.165) is 21.8 Å². The Bertz CT molecular complexity index is 2900. The van der Waals surface area contributed by atoms with E-state index in [2.05, 4.69) is 62.1 Å². The molecule has 0 radical (unpaired) electrons. The maximum Gasteiger partial charge on any atom is 0.326 e. The highest BCUT2D eigenvalue weighted by Crippen LogP contribution is 2.22.